The van der Waals surface area contributed by atoms with Gasteiger partial charge in [-0.15, -0.1) is 0 Å². The maximum absolute atomic E-state index is 11.1. The van der Waals surface area contributed by atoms with Gasteiger partial charge in [-0.2, -0.15) is 0 Å². The molecule has 0 radical (unpaired) electrons. The van der Waals surface area contributed by atoms with Crippen molar-refractivity contribution in [3.05, 3.63) is 34.4 Å². The van der Waals surface area contributed by atoms with Gasteiger partial charge >= 0.3 is 5.97 Å². The van der Waals surface area contributed by atoms with Crippen molar-refractivity contribution in [2.45, 2.75) is 46.5 Å². The first-order chi connectivity index (χ1) is 8.93. The van der Waals surface area contributed by atoms with Crippen molar-refractivity contribution in [3.63, 3.8) is 0 Å². The van der Waals surface area contributed by atoms with Crippen LogP contribution in [0.3, 0.4) is 0 Å². The standard InChI is InChI=1S/C16H22O3/c1-11-9-14(6-8-16(18)19-4)10-12(2)15(11)7-5-13(3)17/h9-10H,5-8H2,1-4H3. The lowest BCUT2D eigenvalue weighted by Crippen LogP contribution is -2.04. The summed E-state index contributed by atoms with van der Waals surface area (Å²) in [6, 6.07) is 4.21. The smallest absolute Gasteiger partial charge is 0.305 e. The molecule has 0 saturated carbocycles. The summed E-state index contributed by atoms with van der Waals surface area (Å²) >= 11 is 0. The summed E-state index contributed by atoms with van der Waals surface area (Å²) in [4.78, 5) is 22.2. The summed E-state index contributed by atoms with van der Waals surface area (Å²) in [5.74, 6) is 0.0320. The summed E-state index contributed by atoms with van der Waals surface area (Å²) in [5.41, 5.74) is 4.78. The molecule has 0 heterocycles. The summed E-state index contributed by atoms with van der Waals surface area (Å²) in [5, 5.41) is 0. The highest BCUT2D eigenvalue weighted by Crippen LogP contribution is 2.19. The van der Waals surface area contributed by atoms with E-state index in [0.29, 0.717) is 19.3 Å². The molecule has 0 bridgehead atoms. The minimum absolute atomic E-state index is 0.184. The van der Waals surface area contributed by atoms with Crippen molar-refractivity contribution < 1.29 is 14.3 Å². The molecule has 1 rings (SSSR count). The average molecular weight is 262 g/mol. The van der Waals surface area contributed by atoms with Crippen LogP contribution in [0.2, 0.25) is 0 Å². The number of carbonyl (C=O) groups excluding carboxylic acids is 2. The normalized spacial score (nSPS) is 10.3. The van der Waals surface area contributed by atoms with E-state index in [4.69, 9.17) is 0 Å². The highest BCUT2D eigenvalue weighted by molar-refractivity contribution is 5.75. The first-order valence-corrected chi connectivity index (χ1v) is 6.59. The van der Waals surface area contributed by atoms with Gasteiger partial charge in [0.2, 0.25) is 0 Å². The molecule has 0 amide bonds. The van der Waals surface area contributed by atoms with Gasteiger partial charge in [0.25, 0.3) is 0 Å². The maximum atomic E-state index is 11.1. The van der Waals surface area contributed by atoms with Crippen LogP contribution >= 0.6 is 0 Å². The zero-order chi connectivity index (χ0) is 14.4. The molecule has 0 aromatic heterocycles. The first-order valence-electron chi connectivity index (χ1n) is 6.59. The van der Waals surface area contributed by atoms with Gasteiger partial charge in [0.05, 0.1) is 7.11 Å². The predicted molar refractivity (Wildman–Crippen MR) is 75.3 cm³/mol. The highest BCUT2D eigenvalue weighted by atomic mass is 16.5. The number of ketones is 1. The van der Waals surface area contributed by atoms with Gasteiger partial charge in [0.1, 0.15) is 5.78 Å². The molecule has 1 aromatic rings. The molecular formula is C16H22O3. The van der Waals surface area contributed by atoms with Crippen LogP contribution in [0.1, 0.15) is 42.0 Å². The van der Waals surface area contributed by atoms with E-state index in [2.05, 4.69) is 30.7 Å². The van der Waals surface area contributed by atoms with Crippen LogP contribution in [0, 0.1) is 13.8 Å². The van der Waals surface area contributed by atoms with Crippen LogP contribution in [-0.2, 0) is 27.2 Å². The fourth-order valence-electron chi connectivity index (χ4n) is 2.27. The van der Waals surface area contributed by atoms with Crippen molar-refractivity contribution in [1.29, 1.82) is 0 Å². The van der Waals surface area contributed by atoms with E-state index in [1.807, 2.05) is 0 Å². The Morgan fingerprint density at radius 2 is 1.63 bits per heavy atom. The van der Waals surface area contributed by atoms with E-state index >= 15 is 0 Å². The maximum Gasteiger partial charge on any atom is 0.305 e. The lowest BCUT2D eigenvalue weighted by Gasteiger charge is -2.12. The number of benzene rings is 1. The van der Waals surface area contributed by atoms with Gasteiger partial charge in [-0.05, 0) is 55.9 Å². The molecule has 0 atom stereocenters. The molecule has 104 valence electrons. The molecule has 3 heteroatoms. The molecule has 0 aliphatic rings. The number of rotatable bonds is 6. The topological polar surface area (TPSA) is 43.4 Å². The number of Topliss-reactive ketones (excluding diaryl/α,β-unsaturated/α-hetero) is 1. The fourth-order valence-corrected chi connectivity index (χ4v) is 2.27. The Morgan fingerprint density at radius 1 is 1.05 bits per heavy atom. The summed E-state index contributed by atoms with van der Waals surface area (Å²) in [6.07, 6.45) is 2.48. The monoisotopic (exact) mass is 262 g/mol. The van der Waals surface area contributed by atoms with Crippen molar-refractivity contribution in [2.24, 2.45) is 0 Å². The number of aryl methyl sites for hydroxylation is 3. The number of methoxy groups -OCH3 is 1. The quantitative estimate of drug-likeness (QED) is 0.740. The second kappa shape index (κ2) is 7.07. The molecule has 0 spiro atoms. The molecule has 19 heavy (non-hydrogen) atoms. The van der Waals surface area contributed by atoms with Crippen LogP contribution in [0.25, 0.3) is 0 Å². The zero-order valence-electron chi connectivity index (χ0n) is 12.2. The Labute approximate surface area is 115 Å². The summed E-state index contributed by atoms with van der Waals surface area (Å²) in [7, 11) is 1.41. The van der Waals surface area contributed by atoms with Gasteiger partial charge < -0.3 is 9.53 Å². The third-order valence-corrected chi connectivity index (χ3v) is 3.33. The van der Waals surface area contributed by atoms with Gasteiger partial charge in [0, 0.05) is 12.8 Å². The molecule has 0 saturated heterocycles. The van der Waals surface area contributed by atoms with E-state index in [0.717, 1.165) is 12.0 Å². The van der Waals surface area contributed by atoms with E-state index < -0.39 is 0 Å². The Balaban J connectivity index is 2.78. The van der Waals surface area contributed by atoms with Crippen molar-refractivity contribution >= 4 is 11.8 Å². The largest absolute Gasteiger partial charge is 0.469 e. The number of hydrogen-bond donors (Lipinski definition) is 0. The molecule has 0 fully saturated rings. The molecule has 3 nitrogen and oxygen atoms in total. The number of ether oxygens (including phenoxy) is 1. The fraction of sp³-hybridized carbons (Fsp3) is 0.500. The van der Waals surface area contributed by atoms with E-state index in [1.165, 1.54) is 23.8 Å². The third-order valence-electron chi connectivity index (χ3n) is 3.33. The second-order valence-corrected chi connectivity index (χ2v) is 4.99. The van der Waals surface area contributed by atoms with Crippen LogP contribution in [0.5, 0.6) is 0 Å². The SMILES string of the molecule is COC(=O)CCc1cc(C)c(CCC(C)=O)c(C)c1. The minimum atomic E-state index is -0.184. The van der Waals surface area contributed by atoms with E-state index in [-0.39, 0.29) is 11.8 Å². The first kappa shape index (κ1) is 15.4. The van der Waals surface area contributed by atoms with E-state index in [1.54, 1.807) is 6.92 Å². The predicted octanol–water partition coefficient (Wildman–Crippen LogP) is 2.93. The Morgan fingerprint density at radius 3 is 2.11 bits per heavy atom. The van der Waals surface area contributed by atoms with Crippen LogP contribution in [0.15, 0.2) is 12.1 Å². The Kier molecular flexibility index (Phi) is 5.74. The van der Waals surface area contributed by atoms with Crippen molar-refractivity contribution in [3.8, 4) is 0 Å². The van der Waals surface area contributed by atoms with Crippen molar-refractivity contribution in [1.82, 2.24) is 0 Å². The summed E-state index contributed by atoms with van der Waals surface area (Å²) < 4.78 is 4.64. The van der Waals surface area contributed by atoms with Gasteiger partial charge in [-0.25, -0.2) is 0 Å². The number of esters is 1. The Hall–Kier alpha value is -1.64. The lowest BCUT2D eigenvalue weighted by atomic mass is 9.94. The van der Waals surface area contributed by atoms with Gasteiger partial charge in [-0.1, -0.05) is 12.1 Å². The number of carbonyl (C=O) groups is 2. The second-order valence-electron chi connectivity index (χ2n) is 4.99. The number of hydrogen-bond acceptors (Lipinski definition) is 3. The molecule has 0 aliphatic carbocycles. The average Bonchev–Trinajstić information content (AvgIpc) is 2.34. The highest BCUT2D eigenvalue weighted by Gasteiger charge is 2.08. The molecule has 0 unspecified atom stereocenters. The molecule has 1 aromatic carbocycles. The van der Waals surface area contributed by atoms with Crippen LogP contribution in [0.4, 0.5) is 0 Å². The third kappa shape index (κ3) is 4.86. The van der Waals surface area contributed by atoms with Gasteiger partial charge in [-0.3, -0.25) is 4.79 Å². The minimum Gasteiger partial charge on any atom is -0.469 e. The lowest BCUT2D eigenvalue weighted by molar-refractivity contribution is -0.140. The molecule has 0 aliphatic heterocycles. The zero-order valence-corrected chi connectivity index (χ0v) is 12.2. The molecule has 0 N–H and O–H groups in total. The summed E-state index contributed by atoms with van der Waals surface area (Å²) in [6.45, 7) is 5.74. The van der Waals surface area contributed by atoms with Crippen LogP contribution < -0.4 is 0 Å². The van der Waals surface area contributed by atoms with E-state index in [9.17, 15) is 9.59 Å². The van der Waals surface area contributed by atoms with Gasteiger partial charge in [0.15, 0.2) is 0 Å². The van der Waals surface area contributed by atoms with Crippen molar-refractivity contribution in [2.75, 3.05) is 7.11 Å². The Bertz CT molecular complexity index is 452. The molecular weight excluding hydrogens is 240 g/mol. The van der Waals surface area contributed by atoms with Crippen LogP contribution in [-0.4, -0.2) is 18.9 Å².